The van der Waals surface area contributed by atoms with E-state index in [1.807, 2.05) is 30.3 Å². The lowest BCUT2D eigenvalue weighted by molar-refractivity contribution is -0.119. The summed E-state index contributed by atoms with van der Waals surface area (Å²) in [4.78, 5) is 24.4. The Balaban J connectivity index is 1.50. The average Bonchev–Trinajstić information content (AvgIpc) is 2.79. The summed E-state index contributed by atoms with van der Waals surface area (Å²) in [5, 5.41) is 2.84. The normalized spacial score (nSPS) is 10.3. The van der Waals surface area contributed by atoms with Crippen LogP contribution >= 0.6 is 11.6 Å². The minimum atomic E-state index is -0.751. The van der Waals surface area contributed by atoms with Crippen molar-refractivity contribution in [1.82, 2.24) is 0 Å². The van der Waals surface area contributed by atoms with Crippen molar-refractivity contribution in [2.45, 2.75) is 6.61 Å². The second kappa shape index (κ2) is 10.4. The zero-order chi connectivity index (χ0) is 22.2. The number of ether oxygens (including phenoxy) is 3. The van der Waals surface area contributed by atoms with E-state index in [1.54, 1.807) is 24.3 Å². The Kier molecular flexibility index (Phi) is 7.35. The molecule has 0 aliphatic heterocycles. The van der Waals surface area contributed by atoms with Crippen molar-refractivity contribution in [2.75, 3.05) is 24.8 Å². The Hall–Kier alpha value is -3.71. The standard InChI is InChI=1S/C23H21ClN2O5/c1-29-21-12-20(25)19(24)11-18(21)23(28)31-14-22(27)26-16-7-9-17(10-8-16)30-13-15-5-3-2-4-6-15/h2-12H,13-14,25H2,1H3,(H,26,27). The predicted octanol–water partition coefficient (Wildman–Crippen LogP) is 4.31. The van der Waals surface area contributed by atoms with Gasteiger partial charge in [0.15, 0.2) is 6.61 Å². The number of esters is 1. The number of benzene rings is 3. The first kappa shape index (κ1) is 22.0. The third-order valence-electron chi connectivity index (χ3n) is 4.26. The number of nitrogens with two attached hydrogens (primary N) is 1. The summed E-state index contributed by atoms with van der Waals surface area (Å²) in [5.74, 6) is -0.371. The highest BCUT2D eigenvalue weighted by molar-refractivity contribution is 6.33. The van der Waals surface area contributed by atoms with Gasteiger partial charge < -0.3 is 25.3 Å². The number of hydrogen-bond acceptors (Lipinski definition) is 6. The fraction of sp³-hybridized carbons (Fsp3) is 0.130. The van der Waals surface area contributed by atoms with Crippen LogP contribution in [0.4, 0.5) is 11.4 Å². The Bertz CT molecular complexity index is 1060. The van der Waals surface area contributed by atoms with Crippen molar-refractivity contribution >= 4 is 34.9 Å². The highest BCUT2D eigenvalue weighted by Crippen LogP contribution is 2.29. The largest absolute Gasteiger partial charge is 0.496 e. The van der Waals surface area contributed by atoms with Gasteiger partial charge in [-0.2, -0.15) is 0 Å². The molecule has 3 aromatic rings. The van der Waals surface area contributed by atoms with Gasteiger partial charge in [-0.3, -0.25) is 4.79 Å². The number of methoxy groups -OCH3 is 1. The first-order valence-electron chi connectivity index (χ1n) is 9.33. The van der Waals surface area contributed by atoms with Crippen LogP contribution in [-0.2, 0) is 16.1 Å². The first-order chi connectivity index (χ1) is 15.0. The lowest BCUT2D eigenvalue weighted by atomic mass is 10.2. The Labute approximate surface area is 184 Å². The Morgan fingerprint density at radius 2 is 1.74 bits per heavy atom. The van der Waals surface area contributed by atoms with Crippen LogP contribution < -0.4 is 20.5 Å². The second-order valence-corrected chi connectivity index (χ2v) is 6.90. The molecule has 0 spiro atoms. The van der Waals surface area contributed by atoms with Crippen LogP contribution in [0.3, 0.4) is 0 Å². The number of hydrogen-bond donors (Lipinski definition) is 2. The van der Waals surface area contributed by atoms with Gasteiger partial charge in [-0.05, 0) is 35.9 Å². The SMILES string of the molecule is COc1cc(N)c(Cl)cc1C(=O)OCC(=O)Nc1ccc(OCc2ccccc2)cc1. The first-order valence-corrected chi connectivity index (χ1v) is 9.71. The summed E-state index contributed by atoms with van der Waals surface area (Å²) >= 11 is 5.95. The molecule has 0 atom stereocenters. The van der Waals surface area contributed by atoms with Gasteiger partial charge in [0, 0.05) is 11.8 Å². The molecule has 3 aromatic carbocycles. The van der Waals surface area contributed by atoms with Gasteiger partial charge in [0.2, 0.25) is 0 Å². The number of nitrogen functional groups attached to an aromatic ring is 1. The lowest BCUT2D eigenvalue weighted by Gasteiger charge is -2.11. The van der Waals surface area contributed by atoms with Crippen molar-refractivity contribution in [3.63, 3.8) is 0 Å². The quantitative estimate of drug-likeness (QED) is 0.400. The van der Waals surface area contributed by atoms with E-state index in [1.165, 1.54) is 19.2 Å². The molecule has 8 heteroatoms. The summed E-state index contributed by atoms with van der Waals surface area (Å²) in [6.45, 7) is -0.0304. The molecule has 0 saturated carbocycles. The Morgan fingerprint density at radius 1 is 1.03 bits per heavy atom. The molecule has 3 N–H and O–H groups in total. The molecule has 0 saturated heterocycles. The fourth-order valence-electron chi connectivity index (χ4n) is 2.68. The number of halogens is 1. The predicted molar refractivity (Wildman–Crippen MR) is 119 cm³/mol. The number of nitrogens with one attached hydrogen (secondary N) is 1. The molecular formula is C23H21ClN2O5. The summed E-state index contributed by atoms with van der Waals surface area (Å²) in [6.07, 6.45) is 0. The zero-order valence-corrected chi connectivity index (χ0v) is 17.5. The number of carbonyl (C=O) groups is 2. The smallest absolute Gasteiger partial charge is 0.342 e. The molecule has 7 nitrogen and oxygen atoms in total. The third kappa shape index (κ3) is 6.13. The van der Waals surface area contributed by atoms with Gasteiger partial charge >= 0.3 is 5.97 Å². The number of anilines is 2. The number of amides is 1. The molecular weight excluding hydrogens is 420 g/mol. The summed E-state index contributed by atoms with van der Waals surface area (Å²) in [7, 11) is 1.39. The van der Waals surface area contributed by atoms with Crippen molar-refractivity contribution < 1.29 is 23.8 Å². The van der Waals surface area contributed by atoms with Crippen LogP contribution in [0.1, 0.15) is 15.9 Å². The van der Waals surface area contributed by atoms with Crippen LogP contribution in [-0.4, -0.2) is 25.6 Å². The minimum Gasteiger partial charge on any atom is -0.496 e. The van der Waals surface area contributed by atoms with Gasteiger partial charge in [-0.15, -0.1) is 0 Å². The van der Waals surface area contributed by atoms with Gasteiger partial charge in [0.05, 0.1) is 17.8 Å². The van der Waals surface area contributed by atoms with E-state index in [-0.39, 0.29) is 22.0 Å². The lowest BCUT2D eigenvalue weighted by Crippen LogP contribution is -2.21. The summed E-state index contributed by atoms with van der Waals surface area (Å²) in [5.41, 5.74) is 7.64. The van der Waals surface area contributed by atoms with Gasteiger partial charge in [-0.25, -0.2) is 4.79 Å². The van der Waals surface area contributed by atoms with E-state index >= 15 is 0 Å². The van der Waals surface area contributed by atoms with Crippen molar-refractivity contribution in [3.05, 3.63) is 82.9 Å². The van der Waals surface area contributed by atoms with E-state index in [0.29, 0.717) is 18.0 Å². The second-order valence-electron chi connectivity index (χ2n) is 6.50. The summed E-state index contributed by atoms with van der Waals surface area (Å²) in [6, 6.07) is 19.4. The van der Waals surface area contributed by atoms with Crippen LogP contribution in [0, 0.1) is 0 Å². The zero-order valence-electron chi connectivity index (χ0n) is 16.8. The van der Waals surface area contributed by atoms with Crippen LogP contribution in [0.2, 0.25) is 5.02 Å². The highest BCUT2D eigenvalue weighted by Gasteiger charge is 2.17. The van der Waals surface area contributed by atoms with Crippen LogP contribution in [0.25, 0.3) is 0 Å². The fourth-order valence-corrected chi connectivity index (χ4v) is 2.84. The number of carbonyl (C=O) groups excluding carboxylic acids is 2. The monoisotopic (exact) mass is 440 g/mol. The van der Waals surface area contributed by atoms with Crippen molar-refractivity contribution in [2.24, 2.45) is 0 Å². The molecule has 0 unspecified atom stereocenters. The maximum atomic E-state index is 12.3. The van der Waals surface area contributed by atoms with Crippen LogP contribution in [0.15, 0.2) is 66.7 Å². The van der Waals surface area contributed by atoms with E-state index < -0.39 is 18.5 Å². The minimum absolute atomic E-state index is 0.0782. The third-order valence-corrected chi connectivity index (χ3v) is 4.59. The van der Waals surface area contributed by atoms with E-state index in [2.05, 4.69) is 5.32 Å². The molecule has 3 rings (SSSR count). The molecule has 0 bridgehead atoms. The molecule has 1 amide bonds. The van der Waals surface area contributed by atoms with Crippen LogP contribution in [0.5, 0.6) is 11.5 Å². The highest BCUT2D eigenvalue weighted by atomic mass is 35.5. The van der Waals surface area contributed by atoms with Gasteiger partial charge in [-0.1, -0.05) is 41.9 Å². The summed E-state index contributed by atoms with van der Waals surface area (Å²) < 4.78 is 15.9. The van der Waals surface area contributed by atoms with Gasteiger partial charge in [0.25, 0.3) is 5.91 Å². The maximum Gasteiger partial charge on any atom is 0.342 e. The number of rotatable bonds is 8. The molecule has 0 aliphatic carbocycles. The molecule has 0 radical (unpaired) electrons. The molecule has 160 valence electrons. The van der Waals surface area contributed by atoms with Gasteiger partial charge in [0.1, 0.15) is 23.7 Å². The molecule has 0 fully saturated rings. The average molecular weight is 441 g/mol. The van der Waals surface area contributed by atoms with E-state index in [4.69, 9.17) is 31.5 Å². The molecule has 0 aromatic heterocycles. The van der Waals surface area contributed by atoms with Crippen molar-refractivity contribution in [1.29, 1.82) is 0 Å². The van der Waals surface area contributed by atoms with E-state index in [9.17, 15) is 9.59 Å². The Morgan fingerprint density at radius 3 is 2.42 bits per heavy atom. The topological polar surface area (TPSA) is 99.9 Å². The maximum absolute atomic E-state index is 12.3. The molecule has 31 heavy (non-hydrogen) atoms. The van der Waals surface area contributed by atoms with E-state index in [0.717, 1.165) is 5.56 Å². The molecule has 0 aliphatic rings. The molecule has 0 heterocycles. The van der Waals surface area contributed by atoms with Crippen molar-refractivity contribution in [3.8, 4) is 11.5 Å².